The molecule has 0 amide bonds. The second kappa shape index (κ2) is 7.19. The third kappa shape index (κ3) is 3.95. The molecule has 3 rings (SSSR count). The minimum absolute atomic E-state index is 0.0470. The first-order valence-corrected chi connectivity index (χ1v) is 9.25. The van der Waals surface area contributed by atoms with Crippen molar-refractivity contribution in [2.45, 2.75) is 11.8 Å². The number of carbonyl (C=O) groups is 1. The van der Waals surface area contributed by atoms with Gasteiger partial charge in [0.25, 0.3) is 0 Å². The van der Waals surface area contributed by atoms with Crippen LogP contribution in [0.4, 0.5) is 0 Å². The Balaban J connectivity index is 1.97. The standard InChI is InChI=1S/C17H13Cl2NO5S/c18-11-6-7-13(19)12(8-11)15-14(21)16(17(20)24-15)25-26(22,23)9-10-4-2-1-3-5-10/h1-8,15H,9,20H2/t15-/m1/s1/i9D2,15D. The van der Waals surface area contributed by atoms with E-state index >= 15 is 0 Å². The molecule has 136 valence electrons. The summed E-state index contributed by atoms with van der Waals surface area (Å²) in [5, 5.41) is 0.0997. The Kier molecular flexibility index (Phi) is 4.12. The van der Waals surface area contributed by atoms with Gasteiger partial charge < -0.3 is 14.7 Å². The molecule has 0 fully saturated rings. The number of ketones is 1. The van der Waals surface area contributed by atoms with Gasteiger partial charge in [0.05, 0.1) is 4.11 Å². The van der Waals surface area contributed by atoms with Gasteiger partial charge in [0, 0.05) is 15.6 Å². The van der Waals surface area contributed by atoms with E-state index in [0.717, 1.165) is 0 Å². The summed E-state index contributed by atoms with van der Waals surface area (Å²) < 4.78 is 59.2. The summed E-state index contributed by atoms with van der Waals surface area (Å²) in [5.74, 6) is -3.09. The molecule has 2 aromatic carbocycles. The summed E-state index contributed by atoms with van der Waals surface area (Å²) in [4.78, 5) is 12.8. The van der Waals surface area contributed by atoms with E-state index in [0.29, 0.717) is 0 Å². The lowest BCUT2D eigenvalue weighted by atomic mass is 10.1. The van der Waals surface area contributed by atoms with Gasteiger partial charge in [-0.05, 0) is 23.8 Å². The van der Waals surface area contributed by atoms with Crippen molar-refractivity contribution >= 4 is 39.1 Å². The fraction of sp³-hybridized carbons (Fsp3) is 0.118. The van der Waals surface area contributed by atoms with Crippen molar-refractivity contribution in [1.29, 1.82) is 0 Å². The van der Waals surface area contributed by atoms with Gasteiger partial charge in [-0.25, -0.2) is 0 Å². The zero-order chi connectivity index (χ0) is 21.6. The van der Waals surface area contributed by atoms with E-state index in [9.17, 15) is 13.2 Å². The highest BCUT2D eigenvalue weighted by Crippen LogP contribution is 2.37. The van der Waals surface area contributed by atoms with Crippen molar-refractivity contribution in [2.24, 2.45) is 5.73 Å². The molecule has 26 heavy (non-hydrogen) atoms. The number of carbonyl (C=O) groups excluding carboxylic acids is 1. The molecule has 0 radical (unpaired) electrons. The minimum atomic E-state index is -5.06. The van der Waals surface area contributed by atoms with Crippen molar-refractivity contribution in [1.82, 2.24) is 0 Å². The van der Waals surface area contributed by atoms with Gasteiger partial charge in [-0.1, -0.05) is 53.5 Å². The highest BCUT2D eigenvalue weighted by atomic mass is 35.5. The van der Waals surface area contributed by atoms with E-state index in [1.807, 2.05) is 0 Å². The van der Waals surface area contributed by atoms with Gasteiger partial charge in [-0.3, -0.25) is 4.79 Å². The van der Waals surface area contributed by atoms with Crippen LogP contribution < -0.4 is 5.73 Å². The number of nitrogens with two attached hydrogens (primary N) is 1. The third-order valence-corrected chi connectivity index (χ3v) is 4.67. The van der Waals surface area contributed by atoms with Gasteiger partial charge in [0.2, 0.25) is 17.4 Å². The van der Waals surface area contributed by atoms with Crippen LogP contribution in [0.15, 0.2) is 60.2 Å². The predicted octanol–water partition coefficient (Wildman–Crippen LogP) is 3.31. The monoisotopic (exact) mass is 416 g/mol. The Bertz CT molecular complexity index is 1130. The van der Waals surface area contributed by atoms with Crippen molar-refractivity contribution in [3.05, 3.63) is 81.3 Å². The number of halogens is 2. The first-order valence-electron chi connectivity index (χ1n) is 8.59. The van der Waals surface area contributed by atoms with E-state index in [1.165, 1.54) is 42.5 Å². The molecule has 1 aliphatic rings. The molecule has 2 N–H and O–H groups in total. The molecule has 1 atom stereocenters. The fourth-order valence-electron chi connectivity index (χ4n) is 2.13. The molecular weight excluding hydrogens is 401 g/mol. The van der Waals surface area contributed by atoms with Crippen molar-refractivity contribution < 1.29 is 26.2 Å². The first-order chi connectivity index (χ1) is 13.4. The van der Waals surface area contributed by atoms with Crippen molar-refractivity contribution in [2.75, 3.05) is 0 Å². The predicted molar refractivity (Wildman–Crippen MR) is 96.7 cm³/mol. The van der Waals surface area contributed by atoms with Crippen molar-refractivity contribution in [3.63, 3.8) is 0 Å². The molecule has 0 unspecified atom stereocenters. The van der Waals surface area contributed by atoms with Crippen LogP contribution in [0, 0.1) is 0 Å². The second-order valence-electron chi connectivity index (χ2n) is 5.08. The molecule has 0 saturated carbocycles. The Morgan fingerprint density at radius 2 is 1.92 bits per heavy atom. The quantitative estimate of drug-likeness (QED) is 0.750. The summed E-state index contributed by atoms with van der Waals surface area (Å²) in [7, 11) is -5.06. The highest BCUT2D eigenvalue weighted by Gasteiger charge is 2.40. The van der Waals surface area contributed by atoms with E-state index in [4.69, 9.17) is 42.0 Å². The smallest absolute Gasteiger partial charge is 0.313 e. The number of benzene rings is 2. The van der Waals surface area contributed by atoms with E-state index < -0.39 is 39.3 Å². The number of hydrogen-bond donors (Lipinski definition) is 1. The molecule has 0 bridgehead atoms. The molecule has 0 spiro atoms. The fourth-order valence-corrected chi connectivity index (χ4v) is 3.35. The van der Waals surface area contributed by atoms with Crippen LogP contribution in [-0.2, 0) is 29.5 Å². The summed E-state index contributed by atoms with van der Waals surface area (Å²) in [6.07, 6.45) is -2.55. The van der Waals surface area contributed by atoms with E-state index in [-0.39, 0.29) is 21.2 Å². The lowest BCUT2D eigenvalue weighted by Crippen LogP contribution is -2.16. The Morgan fingerprint density at radius 3 is 2.62 bits per heavy atom. The zero-order valence-corrected chi connectivity index (χ0v) is 15.2. The van der Waals surface area contributed by atoms with E-state index in [1.54, 1.807) is 6.07 Å². The maximum absolute atomic E-state index is 12.8. The van der Waals surface area contributed by atoms with Crippen LogP contribution in [-0.4, -0.2) is 14.2 Å². The van der Waals surface area contributed by atoms with Crippen LogP contribution in [0.1, 0.15) is 21.3 Å². The van der Waals surface area contributed by atoms with Gasteiger partial charge in [-0.15, -0.1) is 0 Å². The normalized spacial score (nSPS) is 22.4. The zero-order valence-electron chi connectivity index (χ0n) is 15.9. The van der Waals surface area contributed by atoms with Crippen molar-refractivity contribution in [3.8, 4) is 0 Å². The first kappa shape index (κ1) is 14.9. The number of ether oxygens (including phenoxy) is 1. The van der Waals surface area contributed by atoms with Gasteiger partial charge in [-0.2, -0.15) is 8.42 Å². The SMILES string of the molecule is [2H]C([2H])(c1ccccc1)S(=O)(=O)OC1=C(N)O[C@]([2H])(c2cc(Cl)ccc2Cl)C1=O. The van der Waals surface area contributed by atoms with E-state index in [2.05, 4.69) is 0 Å². The van der Waals surface area contributed by atoms with Crippen LogP contribution in [0.5, 0.6) is 0 Å². The molecule has 2 aromatic rings. The van der Waals surface area contributed by atoms with Crippen LogP contribution in [0.25, 0.3) is 0 Å². The average molecular weight is 417 g/mol. The molecule has 0 aliphatic carbocycles. The summed E-state index contributed by atoms with van der Waals surface area (Å²) in [6.45, 7) is 0. The number of rotatable bonds is 5. The Morgan fingerprint density at radius 1 is 1.23 bits per heavy atom. The summed E-state index contributed by atoms with van der Waals surface area (Å²) in [5.41, 5.74) is 2.18. The average Bonchev–Trinajstić information content (AvgIpc) is 2.88. The third-order valence-electron chi connectivity index (χ3n) is 3.23. The number of hydrogen-bond acceptors (Lipinski definition) is 6. The van der Waals surface area contributed by atoms with Crippen LogP contribution >= 0.6 is 23.2 Å². The Hall–Kier alpha value is -2.22. The maximum Gasteiger partial charge on any atom is 0.313 e. The Labute approximate surface area is 164 Å². The van der Waals surface area contributed by atoms with Gasteiger partial charge >= 0.3 is 10.1 Å². The van der Waals surface area contributed by atoms with Crippen LogP contribution in [0.2, 0.25) is 10.0 Å². The molecule has 1 heterocycles. The summed E-state index contributed by atoms with van der Waals surface area (Å²) in [6, 6.07) is 10.9. The summed E-state index contributed by atoms with van der Waals surface area (Å²) >= 11 is 11.9. The molecule has 9 heteroatoms. The molecule has 0 aromatic heterocycles. The van der Waals surface area contributed by atoms with Gasteiger partial charge in [0.15, 0.2) is 6.08 Å². The van der Waals surface area contributed by atoms with Gasteiger partial charge in [0.1, 0.15) is 5.70 Å². The molecule has 6 nitrogen and oxygen atoms in total. The molecule has 0 saturated heterocycles. The number of Topliss-reactive ketones (excluding diaryl/α,β-unsaturated/α-hetero) is 1. The maximum atomic E-state index is 12.8. The molecule has 1 aliphatic heterocycles. The highest BCUT2D eigenvalue weighted by molar-refractivity contribution is 7.86. The minimum Gasteiger partial charge on any atom is -0.460 e. The second-order valence-corrected chi connectivity index (χ2v) is 7.21. The lowest BCUT2D eigenvalue weighted by molar-refractivity contribution is -0.123. The molecular formula is C17H13Cl2NO5S. The van der Waals surface area contributed by atoms with Crippen LogP contribution in [0.3, 0.4) is 0 Å². The lowest BCUT2D eigenvalue weighted by Gasteiger charge is -2.12. The topological polar surface area (TPSA) is 95.7 Å². The largest absolute Gasteiger partial charge is 0.460 e.